The summed E-state index contributed by atoms with van der Waals surface area (Å²) in [5.41, 5.74) is 1.42. The highest BCUT2D eigenvalue weighted by Crippen LogP contribution is 2.21. The van der Waals surface area contributed by atoms with Gasteiger partial charge >= 0.3 is 0 Å². The van der Waals surface area contributed by atoms with E-state index in [1.807, 2.05) is 24.3 Å². The van der Waals surface area contributed by atoms with Gasteiger partial charge in [-0.3, -0.25) is 4.79 Å². The van der Waals surface area contributed by atoms with Crippen LogP contribution in [-0.4, -0.2) is 47.4 Å². The van der Waals surface area contributed by atoms with Gasteiger partial charge in [-0.05, 0) is 62.2 Å². The first-order valence-electron chi connectivity index (χ1n) is 11.0. The first-order valence-corrected chi connectivity index (χ1v) is 11.4. The molecule has 0 spiro atoms. The molecule has 1 aromatic carbocycles. The third-order valence-electron chi connectivity index (χ3n) is 6.16. The number of thiocarbonyl (C=S) groups is 1. The fourth-order valence-electron chi connectivity index (χ4n) is 4.45. The van der Waals surface area contributed by atoms with E-state index in [0.717, 1.165) is 54.1 Å². The number of H-pyrrole nitrogens is 1. The minimum absolute atomic E-state index is 0.0783. The lowest BCUT2D eigenvalue weighted by Crippen LogP contribution is -2.47. The first-order chi connectivity index (χ1) is 14.6. The maximum Gasteiger partial charge on any atom is 0.253 e. The van der Waals surface area contributed by atoms with Gasteiger partial charge in [-0.25, -0.2) is 0 Å². The lowest BCUT2D eigenvalue weighted by Gasteiger charge is -2.32. The number of benzene rings is 1. The molecule has 2 fully saturated rings. The molecule has 162 valence electrons. The summed E-state index contributed by atoms with van der Waals surface area (Å²) in [6, 6.07) is 8.04. The molecule has 0 bridgehead atoms. The van der Waals surface area contributed by atoms with Gasteiger partial charge in [-0.1, -0.05) is 19.3 Å². The standard InChI is InChI=1S/C23H31N3O3S/c1-28-19-9-10-21-16(13-19)12-17(22(27)25-21)14-26(15-20-8-5-11-29-20)23(30)24-18-6-3-2-4-7-18/h9-10,12-13,18,20H,2-8,11,14-15H2,1H3,(H,24,30)(H,25,27)/t20-/m1/s1. The van der Waals surface area contributed by atoms with Crippen LogP contribution in [0.25, 0.3) is 10.9 Å². The number of nitrogens with zero attached hydrogens (tertiary/aromatic N) is 1. The third kappa shape index (κ3) is 5.13. The smallest absolute Gasteiger partial charge is 0.253 e. The maximum atomic E-state index is 12.8. The number of hydrogen-bond acceptors (Lipinski definition) is 4. The first kappa shape index (κ1) is 21.1. The van der Waals surface area contributed by atoms with E-state index in [2.05, 4.69) is 15.2 Å². The molecule has 1 aliphatic carbocycles. The molecule has 2 N–H and O–H groups in total. The van der Waals surface area contributed by atoms with Crippen molar-refractivity contribution in [2.75, 3.05) is 20.3 Å². The Morgan fingerprint density at radius 2 is 2.07 bits per heavy atom. The van der Waals surface area contributed by atoms with Crippen molar-refractivity contribution >= 4 is 28.2 Å². The fraction of sp³-hybridized carbons (Fsp3) is 0.565. The largest absolute Gasteiger partial charge is 0.497 e. The molecule has 1 atom stereocenters. The van der Waals surface area contributed by atoms with Crippen molar-refractivity contribution in [3.63, 3.8) is 0 Å². The van der Waals surface area contributed by atoms with Crippen molar-refractivity contribution in [2.24, 2.45) is 0 Å². The molecule has 6 nitrogen and oxygen atoms in total. The molecule has 1 aliphatic heterocycles. The number of hydrogen-bond donors (Lipinski definition) is 2. The number of nitrogens with one attached hydrogen (secondary N) is 2. The SMILES string of the molecule is COc1ccc2[nH]c(=O)c(CN(C[C@H]3CCCO3)C(=S)NC3CCCCC3)cc2c1. The normalized spacial score (nSPS) is 19.7. The summed E-state index contributed by atoms with van der Waals surface area (Å²) in [6.07, 6.45) is 8.40. The van der Waals surface area contributed by atoms with E-state index < -0.39 is 0 Å². The van der Waals surface area contributed by atoms with Crippen LogP contribution in [0.1, 0.15) is 50.5 Å². The van der Waals surface area contributed by atoms with E-state index >= 15 is 0 Å². The Balaban J connectivity index is 1.55. The number of methoxy groups -OCH3 is 1. The molecule has 0 radical (unpaired) electrons. The van der Waals surface area contributed by atoms with Crippen molar-refractivity contribution < 1.29 is 9.47 Å². The molecular formula is C23H31N3O3S. The summed E-state index contributed by atoms with van der Waals surface area (Å²) in [4.78, 5) is 17.9. The predicted octanol–water partition coefficient (Wildman–Crippen LogP) is 3.72. The molecule has 1 aromatic heterocycles. The van der Waals surface area contributed by atoms with Crippen molar-refractivity contribution in [3.8, 4) is 5.75 Å². The van der Waals surface area contributed by atoms with Gasteiger partial charge in [0.1, 0.15) is 5.75 Å². The zero-order valence-corrected chi connectivity index (χ0v) is 18.4. The molecular weight excluding hydrogens is 398 g/mol. The van der Waals surface area contributed by atoms with Crippen LogP contribution in [0.15, 0.2) is 29.1 Å². The zero-order chi connectivity index (χ0) is 20.9. The van der Waals surface area contributed by atoms with Crippen LogP contribution in [0.5, 0.6) is 5.75 Å². The highest BCUT2D eigenvalue weighted by Gasteiger charge is 2.24. The van der Waals surface area contributed by atoms with Crippen LogP contribution in [-0.2, 0) is 11.3 Å². The Hall–Kier alpha value is -2.12. The quantitative estimate of drug-likeness (QED) is 0.682. The van der Waals surface area contributed by atoms with Crippen LogP contribution < -0.4 is 15.6 Å². The second kappa shape index (κ2) is 9.79. The lowest BCUT2D eigenvalue weighted by molar-refractivity contribution is 0.0894. The summed E-state index contributed by atoms with van der Waals surface area (Å²) < 4.78 is 11.2. The Morgan fingerprint density at radius 1 is 1.23 bits per heavy atom. The lowest BCUT2D eigenvalue weighted by atomic mass is 9.96. The molecule has 2 heterocycles. The number of aromatic nitrogens is 1. The minimum atomic E-state index is -0.0783. The van der Waals surface area contributed by atoms with E-state index in [0.29, 0.717) is 24.7 Å². The Morgan fingerprint density at radius 3 is 2.80 bits per heavy atom. The Labute approximate surface area is 182 Å². The van der Waals surface area contributed by atoms with E-state index in [-0.39, 0.29) is 11.7 Å². The molecule has 2 aromatic rings. The van der Waals surface area contributed by atoms with Gasteiger partial charge < -0.3 is 24.7 Å². The van der Waals surface area contributed by atoms with Gasteiger partial charge in [-0.15, -0.1) is 0 Å². The monoisotopic (exact) mass is 429 g/mol. The molecule has 1 saturated heterocycles. The summed E-state index contributed by atoms with van der Waals surface area (Å²) >= 11 is 5.80. The van der Waals surface area contributed by atoms with Crippen molar-refractivity contribution in [3.05, 3.63) is 40.2 Å². The third-order valence-corrected chi connectivity index (χ3v) is 6.53. The topological polar surface area (TPSA) is 66.6 Å². The molecule has 2 aliphatic rings. The number of fused-ring (bicyclic) bond motifs is 1. The van der Waals surface area contributed by atoms with Gasteiger partial charge in [0, 0.05) is 35.7 Å². The molecule has 7 heteroatoms. The summed E-state index contributed by atoms with van der Waals surface area (Å²) in [7, 11) is 1.65. The fourth-order valence-corrected chi connectivity index (χ4v) is 4.75. The van der Waals surface area contributed by atoms with Crippen molar-refractivity contribution in [2.45, 2.75) is 63.6 Å². The average molecular weight is 430 g/mol. The summed E-state index contributed by atoms with van der Waals surface area (Å²) in [5, 5.41) is 5.23. The average Bonchev–Trinajstić information content (AvgIpc) is 3.27. The summed E-state index contributed by atoms with van der Waals surface area (Å²) in [5.74, 6) is 0.770. The molecule has 30 heavy (non-hydrogen) atoms. The van der Waals surface area contributed by atoms with Crippen molar-refractivity contribution in [1.82, 2.24) is 15.2 Å². The van der Waals surface area contributed by atoms with Crippen LogP contribution in [0.3, 0.4) is 0 Å². The van der Waals surface area contributed by atoms with Gasteiger partial charge in [0.2, 0.25) is 0 Å². The molecule has 0 unspecified atom stereocenters. The second-order valence-electron chi connectivity index (χ2n) is 8.38. The van der Waals surface area contributed by atoms with Crippen LogP contribution in [0.2, 0.25) is 0 Å². The minimum Gasteiger partial charge on any atom is -0.497 e. The molecule has 0 amide bonds. The summed E-state index contributed by atoms with van der Waals surface area (Å²) in [6.45, 7) is 1.96. The van der Waals surface area contributed by atoms with Gasteiger partial charge in [-0.2, -0.15) is 0 Å². The van der Waals surface area contributed by atoms with Crippen LogP contribution in [0.4, 0.5) is 0 Å². The van der Waals surface area contributed by atoms with Gasteiger partial charge in [0.25, 0.3) is 5.56 Å². The van der Waals surface area contributed by atoms with Crippen molar-refractivity contribution in [1.29, 1.82) is 0 Å². The van der Waals surface area contributed by atoms with E-state index in [9.17, 15) is 4.79 Å². The van der Waals surface area contributed by atoms with E-state index in [4.69, 9.17) is 21.7 Å². The van der Waals surface area contributed by atoms with Gasteiger partial charge in [0.05, 0.1) is 19.8 Å². The van der Waals surface area contributed by atoms with Gasteiger partial charge in [0.15, 0.2) is 5.11 Å². The highest BCUT2D eigenvalue weighted by molar-refractivity contribution is 7.80. The van der Waals surface area contributed by atoms with Crippen LogP contribution in [0, 0.1) is 0 Å². The zero-order valence-electron chi connectivity index (χ0n) is 17.6. The predicted molar refractivity (Wildman–Crippen MR) is 123 cm³/mol. The molecule has 1 saturated carbocycles. The van der Waals surface area contributed by atoms with E-state index in [1.54, 1.807) is 7.11 Å². The second-order valence-corrected chi connectivity index (χ2v) is 8.76. The number of ether oxygens (including phenoxy) is 2. The molecule has 4 rings (SSSR count). The number of aromatic amines is 1. The Bertz CT molecular complexity index is 933. The number of rotatable bonds is 6. The highest BCUT2D eigenvalue weighted by atomic mass is 32.1. The van der Waals surface area contributed by atoms with Crippen LogP contribution >= 0.6 is 12.2 Å². The maximum absolute atomic E-state index is 12.8. The van der Waals surface area contributed by atoms with E-state index in [1.165, 1.54) is 19.3 Å². The Kier molecular flexibility index (Phi) is 6.89. The number of pyridine rings is 1.